The molecule has 0 bridgehead atoms. The molecule has 0 aromatic heterocycles. The van der Waals surface area contributed by atoms with Crippen molar-refractivity contribution in [3.8, 4) is 0 Å². The molecule has 1 aromatic carbocycles. The van der Waals surface area contributed by atoms with Crippen molar-refractivity contribution in [1.82, 2.24) is 15.5 Å². The van der Waals surface area contributed by atoms with Crippen LogP contribution in [-0.2, 0) is 6.54 Å². The van der Waals surface area contributed by atoms with Crippen LogP contribution in [-0.4, -0.2) is 67.4 Å². The summed E-state index contributed by atoms with van der Waals surface area (Å²) >= 11 is 0. The highest BCUT2D eigenvalue weighted by atomic mass is 16.3. The van der Waals surface area contributed by atoms with Gasteiger partial charge in [0.2, 0.25) is 0 Å². The van der Waals surface area contributed by atoms with Crippen LogP contribution >= 0.6 is 0 Å². The van der Waals surface area contributed by atoms with Crippen LogP contribution < -0.4 is 15.5 Å². The Morgan fingerprint density at radius 2 is 1.87 bits per heavy atom. The monoisotopic (exact) mass is 415 g/mol. The van der Waals surface area contributed by atoms with E-state index in [1.54, 1.807) is 0 Å². The van der Waals surface area contributed by atoms with E-state index in [-0.39, 0.29) is 0 Å². The van der Waals surface area contributed by atoms with Gasteiger partial charge in [0.05, 0.1) is 6.54 Å². The molecule has 2 heterocycles. The molecule has 30 heavy (non-hydrogen) atoms. The van der Waals surface area contributed by atoms with Gasteiger partial charge < -0.3 is 20.6 Å². The summed E-state index contributed by atoms with van der Waals surface area (Å²) in [4.78, 5) is 9.81. The lowest BCUT2D eigenvalue weighted by molar-refractivity contribution is 0.203. The molecule has 0 saturated carbocycles. The number of guanidine groups is 1. The van der Waals surface area contributed by atoms with Crippen LogP contribution in [0.4, 0.5) is 5.69 Å². The third-order valence-electron chi connectivity index (χ3n) is 6.63. The highest BCUT2D eigenvalue weighted by molar-refractivity contribution is 5.80. The Kier molecular flexibility index (Phi) is 8.40. The van der Waals surface area contributed by atoms with Gasteiger partial charge in [-0.3, -0.25) is 4.90 Å². The van der Waals surface area contributed by atoms with Crippen molar-refractivity contribution >= 4 is 11.6 Å². The molecule has 1 aromatic rings. The van der Waals surface area contributed by atoms with Gasteiger partial charge in [0.25, 0.3) is 0 Å². The number of rotatable bonds is 7. The van der Waals surface area contributed by atoms with Crippen LogP contribution in [0.2, 0.25) is 0 Å². The zero-order valence-corrected chi connectivity index (χ0v) is 19.3. The minimum atomic E-state index is 0.322. The number of hydrogen-bond donors (Lipinski definition) is 3. The first-order valence-corrected chi connectivity index (χ1v) is 11.7. The van der Waals surface area contributed by atoms with Gasteiger partial charge in [-0.1, -0.05) is 19.1 Å². The molecule has 2 atom stereocenters. The van der Waals surface area contributed by atoms with Crippen LogP contribution in [0.3, 0.4) is 0 Å². The Labute approximate surface area is 182 Å². The number of hydrogen-bond acceptors (Lipinski definition) is 4. The number of nitrogens with zero attached hydrogens (tertiary/aromatic N) is 3. The first-order chi connectivity index (χ1) is 14.5. The van der Waals surface area contributed by atoms with Crippen molar-refractivity contribution in [3.05, 3.63) is 29.8 Å². The van der Waals surface area contributed by atoms with Crippen molar-refractivity contribution in [3.63, 3.8) is 0 Å². The van der Waals surface area contributed by atoms with E-state index in [2.05, 4.69) is 72.4 Å². The molecule has 168 valence electrons. The van der Waals surface area contributed by atoms with Gasteiger partial charge >= 0.3 is 0 Å². The van der Waals surface area contributed by atoms with Crippen molar-refractivity contribution in [2.45, 2.75) is 59.2 Å². The minimum absolute atomic E-state index is 0.322. The summed E-state index contributed by atoms with van der Waals surface area (Å²) in [5.74, 6) is 2.00. The lowest BCUT2D eigenvalue weighted by atomic mass is 9.97. The third-order valence-corrected chi connectivity index (χ3v) is 6.63. The van der Waals surface area contributed by atoms with E-state index < -0.39 is 0 Å². The lowest BCUT2D eigenvalue weighted by Crippen LogP contribution is -2.46. The molecule has 0 aliphatic carbocycles. The minimum Gasteiger partial charge on any atom is -0.396 e. The molecule has 6 nitrogen and oxygen atoms in total. The molecule has 6 heteroatoms. The molecular formula is C24H41N5O. The molecule has 2 saturated heterocycles. The average Bonchev–Trinajstić information content (AvgIpc) is 3.13. The Bertz CT molecular complexity index is 667. The van der Waals surface area contributed by atoms with Crippen molar-refractivity contribution in [2.24, 2.45) is 16.8 Å². The number of likely N-dealkylation sites (tertiary alicyclic amines) is 1. The molecule has 0 radical (unpaired) electrons. The average molecular weight is 416 g/mol. The van der Waals surface area contributed by atoms with E-state index in [0.29, 0.717) is 37.1 Å². The number of aliphatic imine (C=N–C) groups is 1. The second kappa shape index (κ2) is 11.0. The Hall–Kier alpha value is -1.79. The highest BCUT2D eigenvalue weighted by Crippen LogP contribution is 2.23. The van der Waals surface area contributed by atoms with Gasteiger partial charge in [-0.15, -0.1) is 0 Å². The second-order valence-corrected chi connectivity index (χ2v) is 9.25. The molecule has 2 unspecified atom stereocenters. The lowest BCUT2D eigenvalue weighted by Gasteiger charge is -2.32. The van der Waals surface area contributed by atoms with Crippen LogP contribution in [0.25, 0.3) is 0 Å². The first-order valence-electron chi connectivity index (χ1n) is 11.7. The molecule has 3 N–H and O–H groups in total. The zero-order chi connectivity index (χ0) is 21.5. The summed E-state index contributed by atoms with van der Waals surface area (Å²) < 4.78 is 0. The third kappa shape index (κ3) is 6.11. The van der Waals surface area contributed by atoms with E-state index in [0.717, 1.165) is 51.5 Å². The molecule has 2 fully saturated rings. The fourth-order valence-corrected chi connectivity index (χ4v) is 4.47. The highest BCUT2D eigenvalue weighted by Gasteiger charge is 2.31. The number of nitrogens with one attached hydrogen (secondary N) is 2. The van der Waals surface area contributed by atoms with Crippen molar-refractivity contribution < 1.29 is 5.11 Å². The van der Waals surface area contributed by atoms with Crippen LogP contribution in [0.5, 0.6) is 0 Å². The zero-order valence-electron chi connectivity index (χ0n) is 19.3. The van der Waals surface area contributed by atoms with Crippen molar-refractivity contribution in [1.29, 1.82) is 0 Å². The number of aliphatic hydroxyl groups excluding tert-OH is 1. The predicted molar refractivity (Wildman–Crippen MR) is 126 cm³/mol. The molecule has 0 spiro atoms. The first kappa shape index (κ1) is 22.9. The quantitative estimate of drug-likeness (QED) is 0.472. The summed E-state index contributed by atoms with van der Waals surface area (Å²) in [5.41, 5.74) is 2.50. The summed E-state index contributed by atoms with van der Waals surface area (Å²) in [5, 5.41) is 16.4. The van der Waals surface area contributed by atoms with Gasteiger partial charge in [-0.05, 0) is 63.1 Å². The van der Waals surface area contributed by atoms with Crippen LogP contribution in [0.1, 0.15) is 46.1 Å². The summed E-state index contributed by atoms with van der Waals surface area (Å²) in [7, 11) is 0. The molecule has 0 amide bonds. The number of aliphatic hydroxyl groups is 1. The summed E-state index contributed by atoms with van der Waals surface area (Å²) in [6.45, 7) is 15.1. The van der Waals surface area contributed by atoms with E-state index in [1.165, 1.54) is 11.3 Å². The van der Waals surface area contributed by atoms with E-state index in [4.69, 9.17) is 4.99 Å². The topological polar surface area (TPSA) is 63.1 Å². The van der Waals surface area contributed by atoms with E-state index in [1.807, 2.05) is 0 Å². The number of piperidine rings is 1. The second-order valence-electron chi connectivity index (χ2n) is 9.25. The smallest absolute Gasteiger partial charge is 0.191 e. The van der Waals surface area contributed by atoms with Gasteiger partial charge in [0.15, 0.2) is 5.96 Å². The standard InChI is InChI=1S/C24H41N5O/c1-5-25-24(27-23-16-29(18(2)3)15-19(23)4)26-14-20-6-8-22(9-7-20)28-12-10-21(17-30)11-13-28/h6-9,18-19,21,23,30H,5,10-17H2,1-4H3,(H2,25,26,27). The molecular weight excluding hydrogens is 374 g/mol. The molecule has 3 rings (SSSR count). The SMILES string of the molecule is CCNC(=NCc1ccc(N2CCC(CO)CC2)cc1)NC1CN(C(C)C)CC1C. The normalized spacial score (nSPS) is 23.9. The van der Waals surface area contributed by atoms with Gasteiger partial charge in [-0.25, -0.2) is 4.99 Å². The van der Waals surface area contributed by atoms with Crippen molar-refractivity contribution in [2.75, 3.05) is 44.2 Å². The Morgan fingerprint density at radius 3 is 2.43 bits per heavy atom. The van der Waals surface area contributed by atoms with Crippen LogP contribution in [0.15, 0.2) is 29.3 Å². The summed E-state index contributed by atoms with van der Waals surface area (Å²) in [6.07, 6.45) is 2.15. The Balaban J connectivity index is 1.55. The molecule has 2 aliphatic heterocycles. The van der Waals surface area contributed by atoms with Crippen LogP contribution in [0, 0.1) is 11.8 Å². The largest absolute Gasteiger partial charge is 0.396 e. The van der Waals surface area contributed by atoms with Gasteiger partial charge in [0, 0.05) is 57.1 Å². The van der Waals surface area contributed by atoms with Gasteiger partial charge in [-0.2, -0.15) is 0 Å². The number of benzene rings is 1. The number of anilines is 1. The maximum Gasteiger partial charge on any atom is 0.191 e. The van der Waals surface area contributed by atoms with Gasteiger partial charge in [0.1, 0.15) is 0 Å². The van der Waals surface area contributed by atoms with E-state index in [9.17, 15) is 5.11 Å². The predicted octanol–water partition coefficient (Wildman–Crippen LogP) is 2.68. The van der Waals surface area contributed by atoms with E-state index >= 15 is 0 Å². The maximum absolute atomic E-state index is 9.32. The Morgan fingerprint density at radius 1 is 1.17 bits per heavy atom. The molecule has 2 aliphatic rings. The fraction of sp³-hybridized carbons (Fsp3) is 0.708. The summed E-state index contributed by atoms with van der Waals surface area (Å²) in [6, 6.07) is 9.84. The fourth-order valence-electron chi connectivity index (χ4n) is 4.47. The maximum atomic E-state index is 9.32.